The molecule has 1 aliphatic heterocycles. The smallest absolute Gasteiger partial charge is 0.262 e. The van der Waals surface area contributed by atoms with Crippen molar-refractivity contribution in [3.63, 3.8) is 0 Å². The van der Waals surface area contributed by atoms with E-state index in [1.165, 1.54) is 7.11 Å². The second kappa shape index (κ2) is 12.9. The zero-order valence-corrected chi connectivity index (χ0v) is 22.6. The van der Waals surface area contributed by atoms with Crippen molar-refractivity contribution in [2.24, 2.45) is 5.92 Å². The van der Waals surface area contributed by atoms with Gasteiger partial charge in [0.15, 0.2) is 29.6 Å². The first-order valence-electron chi connectivity index (χ1n) is 12.8. The van der Waals surface area contributed by atoms with Gasteiger partial charge >= 0.3 is 0 Å². The van der Waals surface area contributed by atoms with E-state index in [-0.39, 0.29) is 30.4 Å². The van der Waals surface area contributed by atoms with Gasteiger partial charge in [-0.15, -0.1) is 0 Å². The van der Waals surface area contributed by atoms with Crippen molar-refractivity contribution in [3.05, 3.63) is 71.8 Å². The Balaban J connectivity index is 1.41. The predicted octanol–water partition coefficient (Wildman–Crippen LogP) is 5.01. The molecule has 0 radical (unpaired) electrons. The highest BCUT2D eigenvalue weighted by molar-refractivity contribution is 5.95. The standard InChI is InChI=1S/C30H34N2O7/c1-19(2)29(20-6-12-25-27(16-20)38-15-5-14-37-25)32-30(34)21-7-13-24(26(17-21)36-4)39-18-28(33)31-22-8-10-23(35-3)11-9-22/h6-13,16-17,19,29H,5,14-15,18H2,1-4H3,(H,31,33)(H,32,34). The molecule has 4 rings (SSSR count). The Morgan fingerprint density at radius 1 is 0.872 bits per heavy atom. The van der Waals surface area contributed by atoms with Gasteiger partial charge in [-0.1, -0.05) is 19.9 Å². The molecular weight excluding hydrogens is 500 g/mol. The summed E-state index contributed by atoms with van der Waals surface area (Å²) in [5, 5.41) is 5.88. The van der Waals surface area contributed by atoms with Gasteiger partial charge in [0, 0.05) is 17.7 Å². The summed E-state index contributed by atoms with van der Waals surface area (Å²) in [5.74, 6) is 2.31. The van der Waals surface area contributed by atoms with Crippen LogP contribution >= 0.6 is 0 Å². The molecule has 0 bridgehead atoms. The van der Waals surface area contributed by atoms with Crippen molar-refractivity contribution in [2.75, 3.05) is 39.4 Å². The second-order valence-electron chi connectivity index (χ2n) is 9.38. The van der Waals surface area contributed by atoms with Crippen LogP contribution < -0.4 is 34.3 Å². The molecule has 9 heteroatoms. The number of carbonyl (C=O) groups excluding carboxylic acids is 2. The lowest BCUT2D eigenvalue weighted by Crippen LogP contribution is -2.31. The van der Waals surface area contributed by atoms with Crippen molar-refractivity contribution >= 4 is 17.5 Å². The van der Waals surface area contributed by atoms with E-state index in [2.05, 4.69) is 10.6 Å². The summed E-state index contributed by atoms with van der Waals surface area (Å²) in [7, 11) is 3.06. The number of anilines is 1. The van der Waals surface area contributed by atoms with Crippen molar-refractivity contribution in [1.29, 1.82) is 0 Å². The fraction of sp³-hybridized carbons (Fsp3) is 0.333. The van der Waals surface area contributed by atoms with Crippen LogP contribution in [0.4, 0.5) is 5.69 Å². The molecule has 0 saturated heterocycles. The van der Waals surface area contributed by atoms with Gasteiger partial charge in [0.2, 0.25) is 0 Å². The molecule has 9 nitrogen and oxygen atoms in total. The quantitative estimate of drug-likeness (QED) is 0.377. The molecule has 2 N–H and O–H groups in total. The summed E-state index contributed by atoms with van der Waals surface area (Å²) in [5.41, 5.74) is 1.95. The van der Waals surface area contributed by atoms with Crippen LogP contribution in [0.3, 0.4) is 0 Å². The Morgan fingerprint density at radius 2 is 1.62 bits per heavy atom. The topological polar surface area (TPSA) is 104 Å². The van der Waals surface area contributed by atoms with Gasteiger partial charge in [-0.2, -0.15) is 0 Å². The third-order valence-corrected chi connectivity index (χ3v) is 6.24. The molecule has 0 fully saturated rings. The maximum atomic E-state index is 13.2. The second-order valence-corrected chi connectivity index (χ2v) is 9.38. The fourth-order valence-corrected chi connectivity index (χ4v) is 4.18. The SMILES string of the molecule is COc1ccc(NC(=O)COc2ccc(C(=O)NC(c3ccc4c(c3)OCCCO4)C(C)C)cc2OC)cc1. The number of hydrogen-bond donors (Lipinski definition) is 2. The average molecular weight is 535 g/mol. The minimum absolute atomic E-state index is 0.118. The molecule has 2 amide bonds. The number of benzene rings is 3. The van der Waals surface area contributed by atoms with Crippen LogP contribution in [0.15, 0.2) is 60.7 Å². The summed E-state index contributed by atoms with van der Waals surface area (Å²) in [6.07, 6.45) is 0.823. The molecule has 3 aromatic rings. The van der Waals surface area contributed by atoms with Gasteiger partial charge in [0.1, 0.15) is 5.75 Å². The summed E-state index contributed by atoms with van der Waals surface area (Å²) in [6.45, 7) is 5.07. The number of fused-ring (bicyclic) bond motifs is 1. The minimum Gasteiger partial charge on any atom is -0.497 e. The first-order valence-corrected chi connectivity index (χ1v) is 12.8. The molecule has 0 aliphatic carbocycles. The number of carbonyl (C=O) groups is 2. The highest BCUT2D eigenvalue weighted by atomic mass is 16.5. The van der Waals surface area contributed by atoms with Gasteiger partial charge in [-0.05, 0) is 66.1 Å². The fourth-order valence-electron chi connectivity index (χ4n) is 4.18. The Bertz CT molecular complexity index is 1290. The van der Waals surface area contributed by atoms with E-state index in [0.717, 1.165) is 12.0 Å². The van der Waals surface area contributed by atoms with E-state index in [9.17, 15) is 9.59 Å². The molecule has 1 aliphatic rings. The Labute approximate surface area is 228 Å². The van der Waals surface area contributed by atoms with Crippen LogP contribution in [0, 0.1) is 5.92 Å². The molecule has 3 aromatic carbocycles. The zero-order valence-electron chi connectivity index (χ0n) is 22.6. The highest BCUT2D eigenvalue weighted by Gasteiger charge is 2.22. The summed E-state index contributed by atoms with van der Waals surface area (Å²) >= 11 is 0. The number of rotatable bonds is 10. The maximum Gasteiger partial charge on any atom is 0.262 e. The molecule has 1 heterocycles. The van der Waals surface area contributed by atoms with Gasteiger partial charge in [0.25, 0.3) is 11.8 Å². The van der Waals surface area contributed by atoms with Gasteiger partial charge < -0.3 is 34.3 Å². The Morgan fingerprint density at radius 3 is 2.31 bits per heavy atom. The van der Waals surface area contributed by atoms with Crippen molar-refractivity contribution in [2.45, 2.75) is 26.3 Å². The van der Waals surface area contributed by atoms with E-state index >= 15 is 0 Å². The van der Waals surface area contributed by atoms with Gasteiger partial charge in [0.05, 0.1) is 33.5 Å². The molecule has 1 unspecified atom stereocenters. The van der Waals surface area contributed by atoms with Crippen molar-refractivity contribution in [3.8, 4) is 28.7 Å². The minimum atomic E-state index is -0.334. The molecule has 1 atom stereocenters. The Kier molecular flexibility index (Phi) is 9.14. The molecule has 0 saturated carbocycles. The molecule has 39 heavy (non-hydrogen) atoms. The van der Waals surface area contributed by atoms with Crippen LogP contribution in [0.1, 0.15) is 42.2 Å². The third kappa shape index (κ3) is 7.13. The van der Waals surface area contributed by atoms with Crippen LogP contribution in [0.2, 0.25) is 0 Å². The normalized spacial score (nSPS) is 13.2. The van der Waals surface area contributed by atoms with Crippen LogP contribution in [0.25, 0.3) is 0 Å². The number of amides is 2. The monoisotopic (exact) mass is 534 g/mol. The zero-order chi connectivity index (χ0) is 27.8. The summed E-state index contributed by atoms with van der Waals surface area (Å²) in [6, 6.07) is 17.3. The third-order valence-electron chi connectivity index (χ3n) is 6.24. The van der Waals surface area contributed by atoms with E-state index in [1.807, 2.05) is 32.0 Å². The number of methoxy groups -OCH3 is 2. The summed E-state index contributed by atoms with van der Waals surface area (Å²) < 4.78 is 27.8. The van der Waals surface area contributed by atoms with E-state index in [0.29, 0.717) is 53.2 Å². The largest absolute Gasteiger partial charge is 0.497 e. The number of ether oxygens (including phenoxy) is 5. The van der Waals surface area contributed by atoms with Gasteiger partial charge in [-0.25, -0.2) is 0 Å². The number of hydrogen-bond acceptors (Lipinski definition) is 7. The van der Waals surface area contributed by atoms with Crippen molar-refractivity contribution < 1.29 is 33.3 Å². The van der Waals surface area contributed by atoms with E-state index in [1.54, 1.807) is 49.6 Å². The average Bonchev–Trinajstić information content (AvgIpc) is 3.20. The molecule has 0 aromatic heterocycles. The first kappa shape index (κ1) is 27.6. The van der Waals surface area contributed by atoms with E-state index in [4.69, 9.17) is 23.7 Å². The van der Waals surface area contributed by atoms with Crippen LogP contribution in [-0.2, 0) is 4.79 Å². The number of nitrogens with one attached hydrogen (secondary N) is 2. The van der Waals surface area contributed by atoms with Crippen LogP contribution in [0.5, 0.6) is 28.7 Å². The maximum absolute atomic E-state index is 13.2. The molecule has 206 valence electrons. The lowest BCUT2D eigenvalue weighted by molar-refractivity contribution is -0.118. The molecule has 0 spiro atoms. The van der Waals surface area contributed by atoms with Crippen LogP contribution in [-0.4, -0.2) is 45.9 Å². The predicted molar refractivity (Wildman–Crippen MR) is 147 cm³/mol. The lowest BCUT2D eigenvalue weighted by atomic mass is 9.95. The Hall–Kier alpha value is -4.40. The van der Waals surface area contributed by atoms with Gasteiger partial charge in [-0.3, -0.25) is 9.59 Å². The van der Waals surface area contributed by atoms with Crippen molar-refractivity contribution in [1.82, 2.24) is 5.32 Å². The highest BCUT2D eigenvalue weighted by Crippen LogP contribution is 2.35. The summed E-state index contributed by atoms with van der Waals surface area (Å²) in [4.78, 5) is 25.6. The van der Waals surface area contributed by atoms with E-state index < -0.39 is 0 Å². The molecular formula is C30H34N2O7. The first-order chi connectivity index (χ1) is 18.9. The lowest BCUT2D eigenvalue weighted by Gasteiger charge is -2.24.